The molecule has 1 aliphatic heterocycles. The number of piperazine rings is 1. The van der Waals surface area contributed by atoms with Crippen molar-refractivity contribution in [2.75, 3.05) is 38.0 Å². The Balaban J connectivity index is 1.49. The van der Waals surface area contributed by atoms with E-state index in [-0.39, 0.29) is 5.91 Å². The van der Waals surface area contributed by atoms with E-state index < -0.39 is 5.91 Å². The minimum absolute atomic E-state index is 0.103. The normalized spacial score (nSPS) is 19.4. The maximum absolute atomic E-state index is 12.4. The first-order chi connectivity index (χ1) is 13.0. The molecule has 0 aromatic heterocycles. The molecule has 2 aromatic carbocycles. The number of nitrogens with one attached hydrogen (secondary N) is 3. The number of para-hydroxylation sites is 1. The smallest absolute Gasteiger partial charge is 0.279 e. The fourth-order valence-electron chi connectivity index (χ4n) is 3.45. The van der Waals surface area contributed by atoms with Gasteiger partial charge < -0.3 is 20.9 Å². The summed E-state index contributed by atoms with van der Waals surface area (Å²) in [4.78, 5) is 26.5. The summed E-state index contributed by atoms with van der Waals surface area (Å²) in [5.74, 6) is -0.650. The Bertz CT molecular complexity index is 819. The van der Waals surface area contributed by atoms with Gasteiger partial charge in [0.1, 0.15) is 32.7 Å². The predicted octanol–water partition coefficient (Wildman–Crippen LogP) is -0.639. The van der Waals surface area contributed by atoms with Crippen molar-refractivity contribution in [3.8, 4) is 0 Å². The molecule has 0 aliphatic carbocycles. The van der Waals surface area contributed by atoms with Crippen LogP contribution in [0.4, 0.5) is 5.69 Å². The fraction of sp³-hybridized carbons (Fsp3) is 0.300. The second-order valence-electron chi connectivity index (χ2n) is 6.90. The first kappa shape index (κ1) is 19.4. The zero-order valence-electron chi connectivity index (χ0n) is 15.1. The molecule has 0 spiro atoms. The van der Waals surface area contributed by atoms with Crippen LogP contribution in [-0.2, 0) is 11.3 Å². The highest BCUT2D eigenvalue weighted by atomic mass is 35.5. The number of quaternary nitrogens is 2. The number of nitrogens with two attached hydrogens (primary N) is 1. The zero-order chi connectivity index (χ0) is 19.2. The quantitative estimate of drug-likeness (QED) is 0.531. The average molecular weight is 389 g/mol. The van der Waals surface area contributed by atoms with Crippen LogP contribution in [0.3, 0.4) is 0 Å². The first-order valence-electron chi connectivity index (χ1n) is 9.12. The van der Waals surface area contributed by atoms with E-state index in [2.05, 4.69) is 11.4 Å². The number of hydrogen-bond donors (Lipinski definition) is 4. The van der Waals surface area contributed by atoms with Crippen LogP contribution >= 0.6 is 11.6 Å². The van der Waals surface area contributed by atoms with Gasteiger partial charge in [-0.3, -0.25) is 9.59 Å². The van der Waals surface area contributed by atoms with Gasteiger partial charge in [0.2, 0.25) is 0 Å². The molecule has 3 rings (SSSR count). The van der Waals surface area contributed by atoms with Crippen LogP contribution in [0.15, 0.2) is 48.5 Å². The second kappa shape index (κ2) is 8.99. The van der Waals surface area contributed by atoms with E-state index in [1.54, 1.807) is 24.3 Å². The van der Waals surface area contributed by atoms with Crippen molar-refractivity contribution in [3.05, 3.63) is 64.7 Å². The SMILES string of the molecule is NC(=O)c1ccccc1NC(=O)C[NH+]1CC[NH+](Cc2ccccc2Cl)CC1. The average Bonchev–Trinajstić information content (AvgIpc) is 2.65. The van der Waals surface area contributed by atoms with Crippen LogP contribution in [0.5, 0.6) is 0 Å². The number of carbonyl (C=O) groups excluding carboxylic acids is 2. The van der Waals surface area contributed by atoms with Crippen LogP contribution in [0.25, 0.3) is 0 Å². The van der Waals surface area contributed by atoms with Crippen molar-refractivity contribution in [1.82, 2.24) is 0 Å². The van der Waals surface area contributed by atoms with Gasteiger partial charge in [-0.2, -0.15) is 0 Å². The molecule has 2 aromatic rings. The molecule has 0 bridgehead atoms. The minimum Gasteiger partial charge on any atom is -0.366 e. The van der Waals surface area contributed by atoms with Gasteiger partial charge in [-0.25, -0.2) is 0 Å². The van der Waals surface area contributed by atoms with E-state index in [1.807, 2.05) is 18.2 Å². The third-order valence-corrected chi connectivity index (χ3v) is 5.31. The number of rotatable bonds is 6. The van der Waals surface area contributed by atoms with Crippen molar-refractivity contribution >= 4 is 29.1 Å². The molecule has 1 heterocycles. The molecule has 0 radical (unpaired) electrons. The number of amides is 2. The van der Waals surface area contributed by atoms with Crippen molar-refractivity contribution in [1.29, 1.82) is 0 Å². The Hall–Kier alpha value is -2.41. The summed E-state index contributed by atoms with van der Waals surface area (Å²) < 4.78 is 0. The molecule has 1 aliphatic rings. The van der Waals surface area contributed by atoms with Crippen molar-refractivity contribution < 1.29 is 19.4 Å². The van der Waals surface area contributed by atoms with Gasteiger partial charge in [0.25, 0.3) is 11.8 Å². The van der Waals surface area contributed by atoms with Crippen molar-refractivity contribution in [2.24, 2.45) is 5.73 Å². The summed E-state index contributed by atoms with van der Waals surface area (Å²) in [6, 6.07) is 14.7. The standard InChI is InChI=1S/C20H23ClN4O2/c21-17-7-3-1-5-15(17)13-24-9-11-25(12-10-24)14-19(26)23-18-8-4-2-6-16(18)20(22)27/h1-8H,9-14H2,(H2,22,27)(H,23,26)/p+2. The summed E-state index contributed by atoms with van der Waals surface area (Å²) in [6.45, 7) is 5.12. The van der Waals surface area contributed by atoms with E-state index >= 15 is 0 Å². The van der Waals surface area contributed by atoms with Gasteiger partial charge in [0.05, 0.1) is 11.3 Å². The highest BCUT2D eigenvalue weighted by Gasteiger charge is 2.25. The predicted molar refractivity (Wildman–Crippen MR) is 105 cm³/mol. The third kappa shape index (κ3) is 5.29. The lowest BCUT2D eigenvalue weighted by Crippen LogP contribution is -3.28. The van der Waals surface area contributed by atoms with E-state index in [0.717, 1.165) is 37.7 Å². The van der Waals surface area contributed by atoms with Crippen LogP contribution in [0.1, 0.15) is 15.9 Å². The molecule has 142 valence electrons. The molecule has 1 saturated heterocycles. The molecule has 0 saturated carbocycles. The summed E-state index contributed by atoms with van der Waals surface area (Å²) in [5, 5.41) is 3.63. The summed E-state index contributed by atoms with van der Waals surface area (Å²) in [7, 11) is 0. The molecule has 0 unspecified atom stereocenters. The number of primary amides is 1. The number of carbonyl (C=O) groups is 2. The van der Waals surface area contributed by atoms with Crippen LogP contribution in [0.2, 0.25) is 5.02 Å². The molecule has 7 heteroatoms. The first-order valence-corrected chi connectivity index (χ1v) is 9.50. The maximum Gasteiger partial charge on any atom is 0.279 e. The molecule has 2 amide bonds. The molecule has 1 fully saturated rings. The van der Waals surface area contributed by atoms with Crippen LogP contribution in [0, 0.1) is 0 Å². The minimum atomic E-state index is -0.546. The van der Waals surface area contributed by atoms with E-state index in [4.69, 9.17) is 17.3 Å². The Kier molecular flexibility index (Phi) is 6.45. The van der Waals surface area contributed by atoms with Crippen molar-refractivity contribution in [3.63, 3.8) is 0 Å². The number of benzene rings is 2. The molecule has 0 atom stereocenters. The van der Waals surface area contributed by atoms with Crippen LogP contribution in [-0.4, -0.2) is 44.5 Å². The molecule has 5 N–H and O–H groups in total. The van der Waals surface area contributed by atoms with Crippen molar-refractivity contribution in [2.45, 2.75) is 6.54 Å². The topological polar surface area (TPSA) is 81.1 Å². The zero-order valence-corrected chi connectivity index (χ0v) is 15.9. The van der Waals surface area contributed by atoms with Gasteiger partial charge in [0.15, 0.2) is 6.54 Å². The number of anilines is 1. The third-order valence-electron chi connectivity index (χ3n) is 4.94. The lowest BCUT2D eigenvalue weighted by atomic mass is 10.1. The van der Waals surface area contributed by atoms with Gasteiger partial charge in [-0.15, -0.1) is 0 Å². The van der Waals surface area contributed by atoms with Crippen LogP contribution < -0.4 is 20.9 Å². The molecule has 27 heavy (non-hydrogen) atoms. The Morgan fingerprint density at radius 2 is 1.59 bits per heavy atom. The van der Waals surface area contributed by atoms with E-state index in [9.17, 15) is 9.59 Å². The molecular formula is C20H25ClN4O2+2. The van der Waals surface area contributed by atoms with Gasteiger partial charge in [-0.05, 0) is 18.2 Å². The number of halogens is 1. The monoisotopic (exact) mass is 388 g/mol. The highest BCUT2D eigenvalue weighted by molar-refractivity contribution is 6.31. The van der Waals surface area contributed by atoms with E-state index in [1.165, 1.54) is 15.4 Å². The highest BCUT2D eigenvalue weighted by Crippen LogP contribution is 2.14. The molecular weight excluding hydrogens is 364 g/mol. The van der Waals surface area contributed by atoms with E-state index in [0.29, 0.717) is 17.8 Å². The fourth-order valence-corrected chi connectivity index (χ4v) is 3.65. The Labute approximate surface area is 163 Å². The largest absolute Gasteiger partial charge is 0.366 e. The van der Waals surface area contributed by atoms with Gasteiger partial charge in [-0.1, -0.05) is 41.9 Å². The maximum atomic E-state index is 12.4. The molecule has 6 nitrogen and oxygen atoms in total. The lowest BCUT2D eigenvalue weighted by molar-refractivity contribution is -1.02. The summed E-state index contributed by atoms with van der Waals surface area (Å²) in [6.07, 6.45) is 0. The van der Waals surface area contributed by atoms with Gasteiger partial charge in [0, 0.05) is 10.6 Å². The van der Waals surface area contributed by atoms with Gasteiger partial charge >= 0.3 is 0 Å². The lowest BCUT2D eigenvalue weighted by Gasteiger charge is -2.29. The summed E-state index contributed by atoms with van der Waals surface area (Å²) in [5.41, 5.74) is 7.32. The Morgan fingerprint density at radius 3 is 2.30 bits per heavy atom. The Morgan fingerprint density at radius 1 is 0.963 bits per heavy atom. The second-order valence-corrected chi connectivity index (χ2v) is 7.31. The summed E-state index contributed by atoms with van der Waals surface area (Å²) >= 11 is 6.25. The number of hydrogen-bond acceptors (Lipinski definition) is 2.